The minimum absolute atomic E-state index is 0.0127. The molecule has 1 saturated carbocycles. The number of benzene rings is 2. The smallest absolute Gasteiger partial charge is 0.410 e. The molecule has 1 unspecified atom stereocenters. The predicted octanol–water partition coefficient (Wildman–Crippen LogP) is 5.77. The molecule has 0 saturated heterocycles. The average molecular weight is 477 g/mol. The zero-order valence-corrected chi connectivity index (χ0v) is 21.2. The zero-order chi connectivity index (χ0) is 25.0. The summed E-state index contributed by atoms with van der Waals surface area (Å²) < 4.78 is 5.79. The summed E-state index contributed by atoms with van der Waals surface area (Å²) >= 11 is 0. The van der Waals surface area contributed by atoms with E-state index >= 15 is 0 Å². The number of para-hydroxylation sites is 2. The van der Waals surface area contributed by atoms with Gasteiger partial charge in [-0.05, 0) is 71.1 Å². The van der Waals surface area contributed by atoms with E-state index < -0.39 is 5.60 Å². The van der Waals surface area contributed by atoms with E-state index in [0.717, 1.165) is 35.9 Å². The van der Waals surface area contributed by atoms with E-state index in [1.807, 2.05) is 92.1 Å². The fraction of sp³-hybridized carbons (Fsp3) is 0.464. The number of aromatic amines is 1. The Bertz CT molecular complexity index is 1120. The number of fused-ring (bicyclic) bond motifs is 1. The first-order valence-electron chi connectivity index (χ1n) is 12.5. The van der Waals surface area contributed by atoms with Crippen molar-refractivity contribution in [1.82, 2.24) is 19.8 Å². The van der Waals surface area contributed by atoms with Gasteiger partial charge in [-0.2, -0.15) is 0 Å². The van der Waals surface area contributed by atoms with E-state index in [1.54, 1.807) is 0 Å². The molecule has 7 heteroatoms. The highest BCUT2D eigenvalue weighted by atomic mass is 16.6. The van der Waals surface area contributed by atoms with Crippen LogP contribution in [0.3, 0.4) is 0 Å². The molecule has 2 aromatic carbocycles. The van der Waals surface area contributed by atoms with Crippen molar-refractivity contribution in [2.75, 3.05) is 6.54 Å². The summed E-state index contributed by atoms with van der Waals surface area (Å²) in [5, 5.41) is 0. The van der Waals surface area contributed by atoms with Gasteiger partial charge in [0.1, 0.15) is 5.60 Å². The van der Waals surface area contributed by atoms with Crippen LogP contribution >= 0.6 is 0 Å². The summed E-state index contributed by atoms with van der Waals surface area (Å²) in [5.74, 6) is 0.268. The summed E-state index contributed by atoms with van der Waals surface area (Å²) in [6, 6.07) is 17.7. The van der Waals surface area contributed by atoms with Crippen molar-refractivity contribution in [2.24, 2.45) is 0 Å². The van der Waals surface area contributed by atoms with Crippen LogP contribution in [-0.2, 0) is 11.3 Å². The van der Waals surface area contributed by atoms with Gasteiger partial charge in [0, 0.05) is 25.2 Å². The lowest BCUT2D eigenvalue weighted by molar-refractivity contribution is 0.00431. The Morgan fingerprint density at radius 3 is 2.31 bits per heavy atom. The lowest BCUT2D eigenvalue weighted by atomic mass is 9.88. The van der Waals surface area contributed by atoms with Gasteiger partial charge in [-0.1, -0.05) is 42.5 Å². The number of rotatable bonds is 6. The van der Waals surface area contributed by atoms with Crippen LogP contribution in [0.2, 0.25) is 0 Å². The first-order chi connectivity index (χ1) is 16.7. The first kappa shape index (κ1) is 24.8. The fourth-order valence-electron chi connectivity index (χ4n) is 4.91. The maximum absolute atomic E-state index is 13.5. The molecule has 2 amide bonds. The van der Waals surface area contributed by atoms with Crippen molar-refractivity contribution in [3.8, 4) is 0 Å². The van der Waals surface area contributed by atoms with E-state index in [4.69, 9.17) is 4.74 Å². The van der Waals surface area contributed by atoms with E-state index in [9.17, 15) is 9.59 Å². The molecular weight excluding hydrogens is 440 g/mol. The molecule has 1 aliphatic rings. The number of carbonyl (C=O) groups excluding carboxylic acids is 2. The highest BCUT2D eigenvalue weighted by Gasteiger charge is 2.36. The second-order valence-corrected chi connectivity index (χ2v) is 10.3. The van der Waals surface area contributed by atoms with Gasteiger partial charge in [-0.3, -0.25) is 4.79 Å². The molecule has 186 valence electrons. The maximum Gasteiger partial charge on any atom is 0.410 e. The molecule has 0 radical (unpaired) electrons. The number of nitrogens with zero attached hydrogens (tertiary/aromatic N) is 3. The molecule has 35 heavy (non-hydrogen) atoms. The van der Waals surface area contributed by atoms with Gasteiger partial charge < -0.3 is 19.5 Å². The van der Waals surface area contributed by atoms with Crippen LogP contribution in [-0.4, -0.2) is 56.0 Å². The molecule has 3 aromatic rings. The van der Waals surface area contributed by atoms with E-state index in [-0.39, 0.29) is 24.1 Å². The van der Waals surface area contributed by atoms with Crippen molar-refractivity contribution in [1.29, 1.82) is 0 Å². The molecule has 1 N–H and O–H groups in total. The summed E-state index contributed by atoms with van der Waals surface area (Å²) in [7, 11) is 0. The van der Waals surface area contributed by atoms with Crippen molar-refractivity contribution in [3.05, 3.63) is 66.0 Å². The number of H-pyrrole nitrogens is 1. The van der Waals surface area contributed by atoms with Gasteiger partial charge in [0.25, 0.3) is 5.91 Å². The van der Waals surface area contributed by atoms with Crippen LogP contribution in [0.4, 0.5) is 4.79 Å². The maximum atomic E-state index is 13.5. The molecule has 0 bridgehead atoms. The van der Waals surface area contributed by atoms with Crippen LogP contribution in [0.15, 0.2) is 54.6 Å². The molecule has 1 aliphatic carbocycles. The third-order valence-electron chi connectivity index (χ3n) is 6.52. The van der Waals surface area contributed by atoms with Crippen molar-refractivity contribution in [3.63, 3.8) is 0 Å². The first-order valence-corrected chi connectivity index (χ1v) is 12.5. The lowest BCUT2D eigenvalue weighted by Crippen LogP contribution is -2.50. The summed E-state index contributed by atoms with van der Waals surface area (Å²) in [5.41, 5.74) is 2.12. The van der Waals surface area contributed by atoms with Crippen molar-refractivity contribution < 1.29 is 14.3 Å². The number of imidazole rings is 1. The summed E-state index contributed by atoms with van der Waals surface area (Å²) in [4.78, 5) is 38.2. The van der Waals surface area contributed by atoms with Gasteiger partial charge in [0.05, 0.1) is 11.0 Å². The molecule has 0 aliphatic heterocycles. The van der Waals surface area contributed by atoms with Gasteiger partial charge >= 0.3 is 6.09 Å². The lowest BCUT2D eigenvalue weighted by Gasteiger charge is -2.41. The van der Waals surface area contributed by atoms with Crippen LogP contribution in [0.5, 0.6) is 0 Å². The second-order valence-electron chi connectivity index (χ2n) is 10.3. The molecular formula is C28H36N4O3. The Morgan fingerprint density at radius 2 is 1.66 bits per heavy atom. The van der Waals surface area contributed by atoms with Crippen molar-refractivity contribution in [2.45, 2.75) is 77.6 Å². The van der Waals surface area contributed by atoms with Gasteiger partial charge in [-0.25, -0.2) is 9.78 Å². The highest BCUT2D eigenvalue weighted by molar-refractivity contribution is 5.94. The predicted molar refractivity (Wildman–Crippen MR) is 137 cm³/mol. The molecule has 4 rings (SSSR count). The van der Waals surface area contributed by atoms with E-state index in [1.165, 1.54) is 0 Å². The number of aromatic nitrogens is 2. The number of hydrogen-bond donors (Lipinski definition) is 1. The topological polar surface area (TPSA) is 78.5 Å². The number of ether oxygens (including phenoxy) is 1. The van der Waals surface area contributed by atoms with Gasteiger partial charge in [0.2, 0.25) is 0 Å². The normalized spacial score (nSPS) is 18.3. The Balaban J connectivity index is 1.54. The molecule has 2 atom stereocenters. The van der Waals surface area contributed by atoms with E-state index in [2.05, 4.69) is 9.97 Å². The molecule has 7 nitrogen and oxygen atoms in total. The highest BCUT2D eigenvalue weighted by Crippen LogP contribution is 2.30. The quantitative estimate of drug-likeness (QED) is 0.490. The Labute approximate surface area is 207 Å². The molecule has 0 spiro atoms. The van der Waals surface area contributed by atoms with Gasteiger partial charge in [-0.15, -0.1) is 0 Å². The van der Waals surface area contributed by atoms with Crippen LogP contribution in [0.25, 0.3) is 11.0 Å². The minimum Gasteiger partial charge on any atom is -0.444 e. The fourth-order valence-corrected chi connectivity index (χ4v) is 4.91. The molecule has 1 heterocycles. The third-order valence-corrected chi connectivity index (χ3v) is 6.52. The summed E-state index contributed by atoms with van der Waals surface area (Å²) in [6.45, 7) is 8.73. The Morgan fingerprint density at radius 1 is 1.00 bits per heavy atom. The number of hydrogen-bond acceptors (Lipinski definition) is 4. The monoisotopic (exact) mass is 476 g/mol. The Kier molecular flexibility index (Phi) is 7.43. The number of nitrogens with one attached hydrogen (secondary N) is 1. The minimum atomic E-state index is -0.577. The summed E-state index contributed by atoms with van der Waals surface area (Å²) in [6.07, 6.45) is 3.14. The largest absolute Gasteiger partial charge is 0.444 e. The van der Waals surface area contributed by atoms with Crippen molar-refractivity contribution >= 4 is 23.0 Å². The number of carbonyl (C=O) groups is 2. The average Bonchev–Trinajstić information content (AvgIpc) is 3.27. The number of amides is 2. The standard InChI is InChI=1S/C28H36N4O3/c1-5-31(26(33)25-29-23-16-9-10-17-24(23)30-25)21-14-11-15-22(18-21)32(27(34)35-28(2,3)4)19-20-12-7-6-8-13-20/h6-10,12-13,16-17,21-22H,5,11,14-15,18-19H2,1-4H3,(H,29,30)/t21-,22?/m0/s1. The second kappa shape index (κ2) is 10.5. The van der Waals surface area contributed by atoms with Crippen LogP contribution < -0.4 is 0 Å². The Hall–Kier alpha value is -3.35. The zero-order valence-electron chi connectivity index (χ0n) is 21.2. The van der Waals surface area contributed by atoms with E-state index in [0.29, 0.717) is 25.3 Å². The van der Waals surface area contributed by atoms with Crippen LogP contribution in [0, 0.1) is 0 Å². The van der Waals surface area contributed by atoms with Gasteiger partial charge in [0.15, 0.2) is 5.82 Å². The third kappa shape index (κ3) is 6.02. The molecule has 1 aromatic heterocycles. The SMILES string of the molecule is CCN(C(=O)c1nc2ccccc2[nH]1)[C@H]1CCCC(N(Cc2ccccc2)C(=O)OC(C)(C)C)C1. The van der Waals surface area contributed by atoms with Crippen LogP contribution in [0.1, 0.15) is 69.6 Å². The molecule has 1 fully saturated rings.